The molecule has 2 rings (SSSR count). The van der Waals surface area contributed by atoms with Crippen LogP contribution in [0.1, 0.15) is 26.2 Å². The molecule has 1 aliphatic rings. The van der Waals surface area contributed by atoms with Gasteiger partial charge in [0, 0.05) is 6.42 Å². The monoisotopic (exact) mass is 278 g/mol. The van der Waals surface area contributed by atoms with Gasteiger partial charge < -0.3 is 20.5 Å². The van der Waals surface area contributed by atoms with Crippen molar-refractivity contribution in [3.8, 4) is 11.5 Å². The zero-order valence-electron chi connectivity index (χ0n) is 12.0. The van der Waals surface area contributed by atoms with Crippen molar-refractivity contribution in [1.29, 1.82) is 0 Å². The lowest BCUT2D eigenvalue weighted by atomic mass is 9.97. The lowest BCUT2D eigenvalue weighted by Crippen LogP contribution is -2.52. The highest BCUT2D eigenvalue weighted by Crippen LogP contribution is 2.35. The summed E-state index contributed by atoms with van der Waals surface area (Å²) in [6.45, 7) is 2.53. The van der Waals surface area contributed by atoms with E-state index in [1.807, 2.05) is 31.2 Å². The lowest BCUT2D eigenvalue weighted by molar-refractivity contribution is -0.124. The van der Waals surface area contributed by atoms with Crippen molar-refractivity contribution in [2.24, 2.45) is 5.73 Å². The number of amides is 1. The maximum Gasteiger partial charge on any atom is 0.237 e. The molecule has 0 bridgehead atoms. The number of para-hydroxylation sites is 2. The molecule has 3 N–H and O–H groups in total. The van der Waals surface area contributed by atoms with E-state index in [4.69, 9.17) is 15.2 Å². The fourth-order valence-corrected chi connectivity index (χ4v) is 2.68. The van der Waals surface area contributed by atoms with Crippen molar-refractivity contribution in [3.63, 3.8) is 0 Å². The number of hydrogen-bond acceptors (Lipinski definition) is 4. The minimum atomic E-state index is -0.648. The molecule has 20 heavy (non-hydrogen) atoms. The maximum absolute atomic E-state index is 11.6. The van der Waals surface area contributed by atoms with E-state index in [0.29, 0.717) is 19.4 Å². The van der Waals surface area contributed by atoms with E-state index in [2.05, 4.69) is 5.32 Å². The number of benzene rings is 1. The van der Waals surface area contributed by atoms with Crippen LogP contribution in [0.2, 0.25) is 0 Å². The predicted molar refractivity (Wildman–Crippen MR) is 76.9 cm³/mol. The molecular formula is C15H22N2O3. The Morgan fingerprint density at radius 1 is 1.45 bits per heavy atom. The Bertz CT molecular complexity index is 478. The van der Waals surface area contributed by atoms with Gasteiger partial charge in [-0.3, -0.25) is 4.79 Å². The summed E-state index contributed by atoms with van der Waals surface area (Å²) in [5, 5.41) is 3.05. The molecule has 0 heterocycles. The fourth-order valence-electron chi connectivity index (χ4n) is 2.68. The Balaban J connectivity index is 2.07. The first kappa shape index (κ1) is 14.7. The van der Waals surface area contributed by atoms with Crippen LogP contribution in [-0.2, 0) is 4.79 Å². The van der Waals surface area contributed by atoms with Crippen molar-refractivity contribution in [2.45, 2.75) is 37.8 Å². The molecule has 2 atom stereocenters. The van der Waals surface area contributed by atoms with Crippen LogP contribution in [0.5, 0.6) is 11.5 Å². The number of nitrogens with two attached hydrogens (primary N) is 1. The van der Waals surface area contributed by atoms with Crippen molar-refractivity contribution in [3.05, 3.63) is 24.3 Å². The second-order valence-electron chi connectivity index (χ2n) is 5.06. The number of carbonyl (C=O) groups is 1. The molecule has 1 aromatic carbocycles. The zero-order chi connectivity index (χ0) is 14.6. The second kappa shape index (κ2) is 6.13. The van der Waals surface area contributed by atoms with Gasteiger partial charge in [-0.2, -0.15) is 0 Å². The molecule has 1 aliphatic carbocycles. The summed E-state index contributed by atoms with van der Waals surface area (Å²) in [6, 6.07) is 7.59. The highest BCUT2D eigenvalue weighted by atomic mass is 16.5. The van der Waals surface area contributed by atoms with Gasteiger partial charge in [-0.05, 0) is 38.9 Å². The van der Waals surface area contributed by atoms with Gasteiger partial charge >= 0.3 is 0 Å². The molecular weight excluding hydrogens is 256 g/mol. The van der Waals surface area contributed by atoms with Gasteiger partial charge in [-0.1, -0.05) is 12.1 Å². The van der Waals surface area contributed by atoms with E-state index in [9.17, 15) is 4.79 Å². The fraction of sp³-hybridized carbons (Fsp3) is 0.533. The number of rotatable bonds is 6. The molecule has 0 radical (unpaired) electrons. The molecule has 0 spiro atoms. The van der Waals surface area contributed by atoms with Crippen LogP contribution in [0.25, 0.3) is 0 Å². The summed E-state index contributed by atoms with van der Waals surface area (Å²) in [6.07, 6.45) is 2.04. The molecule has 1 saturated carbocycles. The van der Waals surface area contributed by atoms with Crippen LogP contribution in [0.4, 0.5) is 0 Å². The van der Waals surface area contributed by atoms with Gasteiger partial charge in [0.25, 0.3) is 0 Å². The maximum atomic E-state index is 11.6. The van der Waals surface area contributed by atoms with E-state index in [1.54, 1.807) is 7.05 Å². The van der Waals surface area contributed by atoms with Crippen LogP contribution >= 0.6 is 0 Å². The van der Waals surface area contributed by atoms with Crippen LogP contribution in [0.15, 0.2) is 24.3 Å². The van der Waals surface area contributed by atoms with E-state index in [-0.39, 0.29) is 12.0 Å². The largest absolute Gasteiger partial charge is 0.490 e. The van der Waals surface area contributed by atoms with Crippen molar-refractivity contribution in [1.82, 2.24) is 5.32 Å². The lowest BCUT2D eigenvalue weighted by Gasteiger charge is -2.25. The van der Waals surface area contributed by atoms with Gasteiger partial charge in [-0.25, -0.2) is 0 Å². The van der Waals surface area contributed by atoms with Crippen LogP contribution in [0, 0.1) is 0 Å². The van der Waals surface area contributed by atoms with Crippen LogP contribution < -0.4 is 20.5 Å². The Hall–Kier alpha value is -1.75. The van der Waals surface area contributed by atoms with Gasteiger partial charge in [0.2, 0.25) is 5.91 Å². The van der Waals surface area contributed by atoms with E-state index in [1.165, 1.54) is 0 Å². The molecule has 0 aliphatic heterocycles. The third-order valence-electron chi connectivity index (χ3n) is 3.86. The minimum Gasteiger partial charge on any atom is -0.490 e. The third-order valence-corrected chi connectivity index (χ3v) is 3.86. The van der Waals surface area contributed by atoms with E-state index >= 15 is 0 Å². The second-order valence-corrected chi connectivity index (χ2v) is 5.06. The molecule has 1 aromatic rings. The quantitative estimate of drug-likeness (QED) is 0.826. The van der Waals surface area contributed by atoms with Crippen LogP contribution in [0.3, 0.4) is 0 Å². The summed E-state index contributed by atoms with van der Waals surface area (Å²) in [5.74, 6) is 1.14. The first-order valence-corrected chi connectivity index (χ1v) is 6.98. The summed E-state index contributed by atoms with van der Waals surface area (Å²) in [7, 11) is 1.77. The van der Waals surface area contributed by atoms with Crippen molar-refractivity contribution >= 4 is 5.91 Å². The molecule has 5 nitrogen and oxygen atoms in total. The van der Waals surface area contributed by atoms with Gasteiger partial charge in [0.15, 0.2) is 11.5 Å². The molecule has 0 saturated heterocycles. The zero-order valence-corrected chi connectivity index (χ0v) is 12.0. The standard InChI is InChI=1S/C15H22N2O3/c1-3-19-12-6-4-5-7-13(12)20-11-8-9-15(10-11,17-2)14(16)18/h4-7,11,17H,3,8-10H2,1-2H3,(H2,16,18). The smallest absolute Gasteiger partial charge is 0.237 e. The van der Waals surface area contributed by atoms with E-state index in [0.717, 1.165) is 17.9 Å². The molecule has 110 valence electrons. The normalized spacial score (nSPS) is 25.4. The summed E-state index contributed by atoms with van der Waals surface area (Å²) in [4.78, 5) is 11.6. The molecule has 5 heteroatoms. The Labute approximate surface area is 119 Å². The van der Waals surface area contributed by atoms with Gasteiger partial charge in [0.1, 0.15) is 11.6 Å². The number of nitrogens with one attached hydrogen (secondary N) is 1. The highest BCUT2D eigenvalue weighted by Gasteiger charge is 2.44. The van der Waals surface area contributed by atoms with E-state index < -0.39 is 5.54 Å². The number of likely N-dealkylation sites (N-methyl/N-ethyl adjacent to an activating group) is 1. The Morgan fingerprint density at radius 2 is 2.15 bits per heavy atom. The average molecular weight is 278 g/mol. The first-order valence-electron chi connectivity index (χ1n) is 6.98. The third kappa shape index (κ3) is 2.88. The molecule has 1 fully saturated rings. The topological polar surface area (TPSA) is 73.6 Å². The first-order chi connectivity index (χ1) is 9.61. The number of hydrogen-bond donors (Lipinski definition) is 2. The number of ether oxygens (including phenoxy) is 2. The number of primary amides is 1. The van der Waals surface area contributed by atoms with Gasteiger partial charge in [0.05, 0.1) is 6.61 Å². The predicted octanol–water partition coefficient (Wildman–Crippen LogP) is 1.46. The molecule has 2 unspecified atom stereocenters. The summed E-state index contributed by atoms with van der Waals surface area (Å²) < 4.78 is 11.5. The average Bonchev–Trinajstić information content (AvgIpc) is 2.86. The van der Waals surface area contributed by atoms with Crippen molar-refractivity contribution in [2.75, 3.05) is 13.7 Å². The summed E-state index contributed by atoms with van der Waals surface area (Å²) in [5.41, 5.74) is 4.85. The molecule has 0 aromatic heterocycles. The Kier molecular flexibility index (Phi) is 4.49. The Morgan fingerprint density at radius 3 is 2.70 bits per heavy atom. The molecule has 1 amide bonds. The summed E-state index contributed by atoms with van der Waals surface area (Å²) >= 11 is 0. The van der Waals surface area contributed by atoms with Crippen molar-refractivity contribution < 1.29 is 14.3 Å². The SMILES string of the molecule is CCOc1ccccc1OC1CCC(NC)(C(N)=O)C1. The minimum absolute atomic E-state index is 0.0310. The van der Waals surface area contributed by atoms with Crippen LogP contribution in [-0.4, -0.2) is 31.2 Å². The number of carbonyl (C=O) groups excluding carboxylic acids is 1. The van der Waals surface area contributed by atoms with Gasteiger partial charge in [-0.15, -0.1) is 0 Å². The highest BCUT2D eigenvalue weighted by molar-refractivity contribution is 5.85.